The third kappa shape index (κ3) is 3.86. The molecule has 0 fully saturated rings. The van der Waals surface area contributed by atoms with Crippen molar-refractivity contribution in [2.75, 3.05) is 25.1 Å². The van der Waals surface area contributed by atoms with Crippen LogP contribution in [-0.2, 0) is 15.1 Å². The number of hydrogen-bond acceptors (Lipinski definition) is 5. The molecule has 0 aliphatic carbocycles. The summed E-state index contributed by atoms with van der Waals surface area (Å²) in [6.07, 6.45) is 3.38. The summed E-state index contributed by atoms with van der Waals surface area (Å²) < 4.78 is 4.75. The number of esters is 1. The number of benzene rings is 2. The van der Waals surface area contributed by atoms with Gasteiger partial charge in [0.1, 0.15) is 0 Å². The zero-order valence-electron chi connectivity index (χ0n) is 15.4. The lowest BCUT2D eigenvalue weighted by atomic mass is 9.87. The maximum absolute atomic E-state index is 13.3. The molecule has 29 heavy (non-hydrogen) atoms. The Morgan fingerprint density at radius 3 is 2.55 bits per heavy atom. The molecule has 1 amide bonds. The van der Waals surface area contributed by atoms with Crippen molar-refractivity contribution in [3.05, 3.63) is 75.3 Å². The Bertz CT molecular complexity index is 980. The molecule has 1 aliphatic heterocycles. The molecule has 0 saturated heterocycles. The average Bonchev–Trinajstić information content (AvgIpc) is 2.90. The van der Waals surface area contributed by atoms with E-state index in [0.29, 0.717) is 12.2 Å². The minimum atomic E-state index is -2.09. The molecule has 0 bridgehead atoms. The molecule has 0 spiro atoms. The molecule has 1 unspecified atom stereocenters. The van der Waals surface area contributed by atoms with Crippen molar-refractivity contribution in [2.45, 2.75) is 5.60 Å². The molecular formula is C20H19Cl3N2O4. The molecule has 1 atom stereocenters. The quantitative estimate of drug-likeness (QED) is 0.531. The van der Waals surface area contributed by atoms with Crippen LogP contribution in [0.3, 0.4) is 0 Å². The predicted octanol–water partition coefficient (Wildman–Crippen LogP) is 3.30. The highest BCUT2D eigenvalue weighted by molar-refractivity contribution is 6.35. The van der Waals surface area contributed by atoms with E-state index in [1.165, 1.54) is 24.1 Å². The van der Waals surface area contributed by atoms with Crippen LogP contribution in [0.1, 0.15) is 21.5 Å². The number of nitrogens with two attached hydrogens (primary N) is 1. The van der Waals surface area contributed by atoms with E-state index >= 15 is 0 Å². The average molecular weight is 458 g/mol. The normalized spacial score (nSPS) is 18.0. The van der Waals surface area contributed by atoms with Crippen molar-refractivity contribution in [1.29, 1.82) is 0 Å². The Kier molecular flexibility index (Phi) is 7.32. The molecule has 3 N–H and O–H groups in total. The van der Waals surface area contributed by atoms with Crippen molar-refractivity contribution in [2.24, 2.45) is 5.73 Å². The maximum atomic E-state index is 13.3. The standard InChI is InChI=1S/C20H18Cl2N2O4.ClH/c1-28-18(25)12-10-15(22)17-16(11-12)24(9-5-4-8-23)19(26)20(17,27)13-6-2-3-7-14(13)21;/h2-7,10-11,27H,8-9,23H2,1H3;1H. The van der Waals surface area contributed by atoms with Gasteiger partial charge in [0.2, 0.25) is 0 Å². The second-order valence-corrected chi connectivity index (χ2v) is 6.97. The number of hydrogen-bond donors (Lipinski definition) is 2. The van der Waals surface area contributed by atoms with E-state index in [-0.39, 0.29) is 45.7 Å². The van der Waals surface area contributed by atoms with Gasteiger partial charge in [-0.1, -0.05) is 53.6 Å². The van der Waals surface area contributed by atoms with Crippen LogP contribution in [0.2, 0.25) is 10.0 Å². The molecule has 9 heteroatoms. The van der Waals surface area contributed by atoms with Crippen molar-refractivity contribution in [3.63, 3.8) is 0 Å². The molecule has 6 nitrogen and oxygen atoms in total. The van der Waals surface area contributed by atoms with E-state index in [1.54, 1.807) is 36.4 Å². The van der Waals surface area contributed by atoms with Crippen LogP contribution in [0.5, 0.6) is 0 Å². The summed E-state index contributed by atoms with van der Waals surface area (Å²) in [7, 11) is 1.25. The van der Waals surface area contributed by atoms with Crippen LogP contribution in [-0.4, -0.2) is 37.2 Å². The van der Waals surface area contributed by atoms with Crippen LogP contribution < -0.4 is 10.6 Å². The Hall–Kier alpha value is -2.09. The van der Waals surface area contributed by atoms with Crippen LogP contribution in [0.15, 0.2) is 48.6 Å². The highest BCUT2D eigenvalue weighted by Gasteiger charge is 2.53. The molecule has 3 rings (SSSR count). The molecule has 1 aliphatic rings. The van der Waals surface area contributed by atoms with E-state index in [4.69, 9.17) is 33.7 Å². The van der Waals surface area contributed by atoms with Gasteiger partial charge in [0.15, 0.2) is 5.60 Å². The molecule has 154 valence electrons. The minimum absolute atomic E-state index is 0. The first kappa shape index (κ1) is 23.2. The Morgan fingerprint density at radius 1 is 1.24 bits per heavy atom. The van der Waals surface area contributed by atoms with E-state index in [9.17, 15) is 14.7 Å². The fourth-order valence-corrected chi connectivity index (χ4v) is 3.90. The monoisotopic (exact) mass is 456 g/mol. The first-order valence-electron chi connectivity index (χ1n) is 8.43. The minimum Gasteiger partial charge on any atom is -0.465 e. The Morgan fingerprint density at radius 2 is 1.93 bits per heavy atom. The topological polar surface area (TPSA) is 92.9 Å². The van der Waals surface area contributed by atoms with E-state index in [1.807, 2.05) is 0 Å². The number of rotatable bonds is 5. The second kappa shape index (κ2) is 9.15. The molecule has 2 aromatic rings. The third-order valence-electron chi connectivity index (χ3n) is 4.55. The van der Waals surface area contributed by atoms with E-state index in [0.717, 1.165) is 0 Å². The lowest BCUT2D eigenvalue weighted by molar-refractivity contribution is -0.132. The summed E-state index contributed by atoms with van der Waals surface area (Å²) in [5, 5.41) is 11.8. The number of anilines is 1. The van der Waals surface area contributed by atoms with Crippen LogP contribution in [0.4, 0.5) is 5.69 Å². The fraction of sp³-hybridized carbons (Fsp3) is 0.200. The number of carbonyl (C=O) groups excluding carboxylic acids is 2. The molecule has 2 aromatic carbocycles. The smallest absolute Gasteiger partial charge is 0.337 e. The van der Waals surface area contributed by atoms with E-state index < -0.39 is 17.5 Å². The zero-order valence-corrected chi connectivity index (χ0v) is 17.7. The van der Waals surface area contributed by atoms with Gasteiger partial charge < -0.3 is 20.5 Å². The molecular weight excluding hydrogens is 439 g/mol. The first-order valence-corrected chi connectivity index (χ1v) is 9.18. The van der Waals surface area contributed by atoms with Gasteiger partial charge in [0.25, 0.3) is 5.91 Å². The van der Waals surface area contributed by atoms with Crippen LogP contribution in [0, 0.1) is 0 Å². The summed E-state index contributed by atoms with van der Waals surface area (Å²) in [5.74, 6) is -1.23. The lowest BCUT2D eigenvalue weighted by Crippen LogP contribution is -2.41. The number of amides is 1. The molecule has 0 aromatic heterocycles. The largest absolute Gasteiger partial charge is 0.465 e. The lowest BCUT2D eigenvalue weighted by Gasteiger charge is -2.24. The number of nitrogens with zero attached hydrogens (tertiary/aromatic N) is 1. The SMILES string of the molecule is COC(=O)c1cc(Cl)c2c(c1)N(CC=CCN)C(=O)C2(O)c1ccccc1Cl.Cl. The van der Waals surface area contributed by atoms with Crippen LogP contribution >= 0.6 is 35.6 Å². The molecule has 1 heterocycles. The zero-order chi connectivity index (χ0) is 20.5. The number of methoxy groups -OCH3 is 1. The summed E-state index contributed by atoms with van der Waals surface area (Å²) in [4.78, 5) is 26.6. The Labute approximate surface area is 184 Å². The number of carbonyl (C=O) groups is 2. The van der Waals surface area contributed by atoms with E-state index in [2.05, 4.69) is 0 Å². The first-order chi connectivity index (χ1) is 13.4. The van der Waals surface area contributed by atoms with Gasteiger partial charge in [0.05, 0.1) is 23.4 Å². The van der Waals surface area contributed by atoms with Gasteiger partial charge in [-0.2, -0.15) is 0 Å². The number of halogens is 3. The van der Waals surface area contributed by atoms with Gasteiger partial charge in [-0.25, -0.2) is 4.79 Å². The summed E-state index contributed by atoms with van der Waals surface area (Å²) in [5.41, 5.74) is 4.23. The summed E-state index contributed by atoms with van der Waals surface area (Å²) in [6.45, 7) is 0.434. The maximum Gasteiger partial charge on any atom is 0.337 e. The van der Waals surface area contributed by atoms with Gasteiger partial charge in [-0.3, -0.25) is 4.79 Å². The van der Waals surface area contributed by atoms with Gasteiger partial charge in [-0.15, -0.1) is 12.4 Å². The fourth-order valence-electron chi connectivity index (χ4n) is 3.27. The van der Waals surface area contributed by atoms with Crippen molar-refractivity contribution in [3.8, 4) is 0 Å². The second-order valence-electron chi connectivity index (χ2n) is 6.16. The van der Waals surface area contributed by atoms with Gasteiger partial charge in [0, 0.05) is 29.2 Å². The molecule has 0 saturated carbocycles. The van der Waals surface area contributed by atoms with Gasteiger partial charge >= 0.3 is 5.97 Å². The highest BCUT2D eigenvalue weighted by Crippen LogP contribution is 2.49. The third-order valence-corrected chi connectivity index (χ3v) is 5.18. The summed E-state index contributed by atoms with van der Waals surface area (Å²) >= 11 is 12.7. The highest BCUT2D eigenvalue weighted by atomic mass is 35.5. The van der Waals surface area contributed by atoms with Crippen molar-refractivity contribution >= 4 is 53.2 Å². The predicted molar refractivity (Wildman–Crippen MR) is 115 cm³/mol. The van der Waals surface area contributed by atoms with Crippen molar-refractivity contribution in [1.82, 2.24) is 0 Å². The summed E-state index contributed by atoms with van der Waals surface area (Å²) in [6, 6.07) is 9.33. The van der Waals surface area contributed by atoms with Crippen molar-refractivity contribution < 1.29 is 19.4 Å². The number of fused-ring (bicyclic) bond motifs is 1. The van der Waals surface area contributed by atoms with Gasteiger partial charge in [-0.05, 0) is 18.2 Å². The Balaban J connectivity index is 0.00000300. The number of ether oxygens (including phenoxy) is 1. The number of aliphatic hydroxyl groups is 1. The molecule has 0 radical (unpaired) electrons. The van der Waals surface area contributed by atoms with Crippen LogP contribution in [0.25, 0.3) is 0 Å².